The number of nitrogens with zero attached hydrogens (tertiary/aromatic N) is 4. The molecule has 2 amide bonds. The summed E-state index contributed by atoms with van der Waals surface area (Å²) in [6.45, 7) is 3.02. The molecule has 32 heavy (non-hydrogen) atoms. The van der Waals surface area contributed by atoms with Crippen LogP contribution in [0.15, 0.2) is 42.7 Å². The van der Waals surface area contributed by atoms with Crippen molar-refractivity contribution in [3.05, 3.63) is 48.3 Å². The predicted molar refractivity (Wildman–Crippen MR) is 119 cm³/mol. The number of amides is 2. The van der Waals surface area contributed by atoms with E-state index in [1.807, 2.05) is 49.5 Å². The van der Waals surface area contributed by atoms with E-state index in [2.05, 4.69) is 10.4 Å². The second-order valence-corrected chi connectivity index (χ2v) is 7.95. The number of anilines is 1. The lowest BCUT2D eigenvalue weighted by Crippen LogP contribution is -2.32. The third kappa shape index (κ3) is 3.95. The molecule has 3 N–H and O–H groups in total. The monoisotopic (exact) mass is 432 g/mol. The highest BCUT2D eigenvalue weighted by molar-refractivity contribution is 6.02. The van der Waals surface area contributed by atoms with Gasteiger partial charge in [-0.3, -0.25) is 9.59 Å². The number of benzene rings is 1. The molecule has 3 aromatic rings. The highest BCUT2D eigenvalue weighted by Crippen LogP contribution is 2.31. The van der Waals surface area contributed by atoms with Crippen molar-refractivity contribution in [1.82, 2.24) is 14.5 Å². The SMILES string of the molecule is COc1ccc(-c2cc3c(N[C@@H]4CN(C(=O)CC#N)C[C@H]4C)c(C(N)=O)cnn3c2)cc1. The third-order valence-corrected chi connectivity index (χ3v) is 5.85. The molecule has 9 nitrogen and oxygen atoms in total. The lowest BCUT2D eigenvalue weighted by Gasteiger charge is -2.20. The van der Waals surface area contributed by atoms with Gasteiger partial charge in [0.25, 0.3) is 5.91 Å². The molecule has 1 aliphatic heterocycles. The largest absolute Gasteiger partial charge is 0.497 e. The average Bonchev–Trinajstić information content (AvgIpc) is 3.38. The number of nitrogens with one attached hydrogen (secondary N) is 1. The minimum Gasteiger partial charge on any atom is -0.497 e. The van der Waals surface area contributed by atoms with Crippen LogP contribution in [0.1, 0.15) is 23.7 Å². The maximum absolute atomic E-state index is 12.2. The summed E-state index contributed by atoms with van der Waals surface area (Å²) in [6.07, 6.45) is 3.19. The number of primary amides is 1. The van der Waals surface area contributed by atoms with Crippen LogP contribution in [0.3, 0.4) is 0 Å². The summed E-state index contributed by atoms with van der Waals surface area (Å²) in [7, 11) is 1.62. The van der Waals surface area contributed by atoms with Gasteiger partial charge >= 0.3 is 0 Å². The number of aromatic nitrogens is 2. The number of likely N-dealkylation sites (tertiary alicyclic amines) is 1. The van der Waals surface area contributed by atoms with Gasteiger partial charge in [0, 0.05) is 30.9 Å². The van der Waals surface area contributed by atoms with E-state index in [1.165, 1.54) is 6.20 Å². The molecule has 1 aliphatic rings. The number of fused-ring (bicyclic) bond motifs is 1. The van der Waals surface area contributed by atoms with Crippen LogP contribution in [0.5, 0.6) is 5.75 Å². The second kappa shape index (κ2) is 8.59. The summed E-state index contributed by atoms with van der Waals surface area (Å²) in [4.78, 5) is 26.0. The van der Waals surface area contributed by atoms with Gasteiger partial charge in [-0.25, -0.2) is 4.52 Å². The van der Waals surface area contributed by atoms with Crippen LogP contribution in [-0.4, -0.2) is 52.6 Å². The summed E-state index contributed by atoms with van der Waals surface area (Å²) in [5.41, 5.74) is 9.11. The molecule has 9 heteroatoms. The third-order valence-electron chi connectivity index (χ3n) is 5.85. The first-order valence-electron chi connectivity index (χ1n) is 10.3. The first-order valence-corrected chi connectivity index (χ1v) is 10.3. The Labute approximate surface area is 185 Å². The van der Waals surface area contributed by atoms with Crippen molar-refractivity contribution in [3.8, 4) is 22.9 Å². The first-order chi connectivity index (χ1) is 15.4. The van der Waals surface area contributed by atoms with E-state index >= 15 is 0 Å². The van der Waals surface area contributed by atoms with Crippen molar-refractivity contribution < 1.29 is 14.3 Å². The number of hydrogen-bond acceptors (Lipinski definition) is 6. The van der Waals surface area contributed by atoms with Gasteiger partial charge in [0.2, 0.25) is 5.91 Å². The lowest BCUT2D eigenvalue weighted by molar-refractivity contribution is -0.129. The molecule has 0 bridgehead atoms. The Kier molecular flexibility index (Phi) is 5.69. The molecule has 0 unspecified atom stereocenters. The zero-order valence-electron chi connectivity index (χ0n) is 17.9. The van der Waals surface area contributed by atoms with Crippen molar-refractivity contribution in [2.75, 3.05) is 25.5 Å². The number of hydrogen-bond donors (Lipinski definition) is 2. The second-order valence-electron chi connectivity index (χ2n) is 7.95. The summed E-state index contributed by atoms with van der Waals surface area (Å²) in [6, 6.07) is 11.4. The van der Waals surface area contributed by atoms with Crippen molar-refractivity contribution in [3.63, 3.8) is 0 Å². The molecule has 0 spiro atoms. The zero-order chi connectivity index (χ0) is 22.8. The molecule has 0 radical (unpaired) electrons. The number of nitriles is 1. The molecule has 1 saturated heterocycles. The van der Waals surface area contributed by atoms with Gasteiger partial charge in [0.1, 0.15) is 12.2 Å². The number of methoxy groups -OCH3 is 1. The van der Waals surface area contributed by atoms with Gasteiger partial charge in [-0.05, 0) is 29.7 Å². The highest BCUT2D eigenvalue weighted by Gasteiger charge is 2.33. The number of nitrogens with two attached hydrogens (primary N) is 1. The van der Waals surface area contributed by atoms with Gasteiger partial charge < -0.3 is 20.7 Å². The molecular weight excluding hydrogens is 408 g/mol. The molecule has 4 rings (SSSR count). The predicted octanol–water partition coefficient (Wildman–Crippen LogP) is 2.28. The minimum absolute atomic E-state index is 0.0960. The van der Waals surface area contributed by atoms with Crippen LogP contribution in [0.25, 0.3) is 16.6 Å². The minimum atomic E-state index is -0.585. The topological polar surface area (TPSA) is 126 Å². The molecule has 2 atom stereocenters. The average molecular weight is 432 g/mol. The van der Waals surface area contributed by atoms with E-state index in [4.69, 9.17) is 15.7 Å². The maximum Gasteiger partial charge on any atom is 0.252 e. The smallest absolute Gasteiger partial charge is 0.252 e. The molecule has 0 aliphatic carbocycles. The van der Waals surface area contributed by atoms with Crippen molar-refractivity contribution in [2.24, 2.45) is 11.7 Å². The van der Waals surface area contributed by atoms with Crippen LogP contribution in [0, 0.1) is 17.2 Å². The maximum atomic E-state index is 12.2. The fourth-order valence-electron chi connectivity index (χ4n) is 4.06. The van der Waals surface area contributed by atoms with Gasteiger partial charge in [-0.2, -0.15) is 10.4 Å². The van der Waals surface area contributed by atoms with Gasteiger partial charge in [-0.15, -0.1) is 0 Å². The van der Waals surface area contributed by atoms with E-state index in [-0.39, 0.29) is 29.9 Å². The Morgan fingerprint density at radius 2 is 2.03 bits per heavy atom. The van der Waals surface area contributed by atoms with Crippen LogP contribution in [0.2, 0.25) is 0 Å². The number of carbonyl (C=O) groups excluding carboxylic acids is 2. The number of rotatable bonds is 6. The van der Waals surface area contributed by atoms with Crippen LogP contribution >= 0.6 is 0 Å². The van der Waals surface area contributed by atoms with E-state index < -0.39 is 5.91 Å². The van der Waals surface area contributed by atoms with Crippen molar-refractivity contribution in [1.29, 1.82) is 5.26 Å². The Hall–Kier alpha value is -4.06. The molecular formula is C23H24N6O3. The summed E-state index contributed by atoms with van der Waals surface area (Å²) in [5.74, 6) is 0.114. The van der Waals surface area contributed by atoms with E-state index in [0.717, 1.165) is 16.9 Å². The first kappa shape index (κ1) is 21.2. The zero-order valence-corrected chi connectivity index (χ0v) is 17.9. The number of ether oxygens (including phenoxy) is 1. The Morgan fingerprint density at radius 1 is 1.28 bits per heavy atom. The van der Waals surface area contributed by atoms with Gasteiger partial charge in [0.05, 0.1) is 36.1 Å². The van der Waals surface area contributed by atoms with Crippen LogP contribution < -0.4 is 15.8 Å². The molecule has 1 fully saturated rings. The quantitative estimate of drug-likeness (QED) is 0.615. The summed E-state index contributed by atoms with van der Waals surface area (Å²) < 4.78 is 6.93. The van der Waals surface area contributed by atoms with E-state index in [0.29, 0.717) is 24.3 Å². The molecule has 1 aromatic carbocycles. The summed E-state index contributed by atoms with van der Waals surface area (Å²) in [5, 5.41) is 16.6. The van der Waals surface area contributed by atoms with Crippen LogP contribution in [-0.2, 0) is 4.79 Å². The number of carbonyl (C=O) groups is 2. The fraction of sp³-hybridized carbons (Fsp3) is 0.304. The van der Waals surface area contributed by atoms with Gasteiger partial charge in [-0.1, -0.05) is 19.1 Å². The molecule has 0 saturated carbocycles. The Bertz CT molecular complexity index is 1210. The normalized spacial score (nSPS) is 17.8. The van der Waals surface area contributed by atoms with Crippen molar-refractivity contribution >= 4 is 23.0 Å². The standard InChI is InChI=1S/C23H24N6O3/c1-14-11-28(21(30)7-8-24)13-19(14)27-22-18(23(25)31)10-26-29-12-16(9-20(22)29)15-3-5-17(32-2)6-4-15/h3-6,9-10,12,14,19,27H,7,11,13H2,1-2H3,(H2,25,31)/t14-,19-/m1/s1. The molecule has 3 heterocycles. The fourth-order valence-corrected chi connectivity index (χ4v) is 4.06. The molecule has 164 valence electrons. The van der Waals surface area contributed by atoms with Gasteiger partial charge in [0.15, 0.2) is 0 Å². The molecule has 2 aromatic heterocycles. The van der Waals surface area contributed by atoms with E-state index in [9.17, 15) is 9.59 Å². The summed E-state index contributed by atoms with van der Waals surface area (Å²) >= 11 is 0. The van der Waals surface area contributed by atoms with Crippen LogP contribution in [0.4, 0.5) is 5.69 Å². The Morgan fingerprint density at radius 3 is 2.69 bits per heavy atom. The van der Waals surface area contributed by atoms with Crippen molar-refractivity contribution in [2.45, 2.75) is 19.4 Å². The Balaban J connectivity index is 1.70. The van der Waals surface area contributed by atoms with E-state index in [1.54, 1.807) is 16.5 Å². The highest BCUT2D eigenvalue weighted by atomic mass is 16.5. The lowest BCUT2D eigenvalue weighted by atomic mass is 10.0.